The predicted molar refractivity (Wildman–Crippen MR) is 89.6 cm³/mol. The second kappa shape index (κ2) is 6.10. The van der Waals surface area contributed by atoms with Crippen molar-refractivity contribution in [3.05, 3.63) is 62.6 Å². The van der Waals surface area contributed by atoms with E-state index >= 15 is 0 Å². The maximum Gasteiger partial charge on any atom is 0.257 e. The average Bonchev–Trinajstić information content (AvgIpc) is 2.50. The second-order valence-corrected chi connectivity index (χ2v) is 6.28. The lowest BCUT2D eigenvalue weighted by atomic mass is 10.00. The quantitative estimate of drug-likeness (QED) is 0.837. The van der Waals surface area contributed by atoms with Gasteiger partial charge in [-0.1, -0.05) is 33.6 Å². The van der Waals surface area contributed by atoms with Crippen LogP contribution in [0.3, 0.4) is 0 Å². The van der Waals surface area contributed by atoms with Crippen LogP contribution in [0.5, 0.6) is 0 Å². The van der Waals surface area contributed by atoms with Gasteiger partial charge in [-0.2, -0.15) is 0 Å². The summed E-state index contributed by atoms with van der Waals surface area (Å²) < 4.78 is 0.770. The van der Waals surface area contributed by atoms with Gasteiger partial charge in [-0.3, -0.25) is 9.59 Å². The van der Waals surface area contributed by atoms with Gasteiger partial charge in [-0.15, -0.1) is 0 Å². The van der Waals surface area contributed by atoms with Crippen LogP contribution >= 0.6 is 27.5 Å². The molecule has 6 heteroatoms. The van der Waals surface area contributed by atoms with E-state index in [4.69, 9.17) is 11.6 Å². The van der Waals surface area contributed by atoms with Crippen LogP contribution in [0.1, 0.15) is 26.3 Å². The molecule has 0 saturated carbocycles. The summed E-state index contributed by atoms with van der Waals surface area (Å²) in [4.78, 5) is 24.2. The Bertz CT molecular complexity index is 777. The number of nitrogens with one attached hydrogen (secondary N) is 2. The SMILES string of the molecule is O=C(Nc1ccc2c(c1)C(=O)NCC2)c1cc(Br)ccc1Cl. The molecule has 1 heterocycles. The first-order chi connectivity index (χ1) is 10.5. The topological polar surface area (TPSA) is 58.2 Å². The van der Waals surface area contributed by atoms with E-state index in [0.29, 0.717) is 28.4 Å². The fourth-order valence-corrected chi connectivity index (χ4v) is 2.92. The Hall–Kier alpha value is -1.85. The Morgan fingerprint density at radius 3 is 2.86 bits per heavy atom. The van der Waals surface area contributed by atoms with E-state index in [9.17, 15) is 9.59 Å². The average molecular weight is 380 g/mol. The molecule has 0 spiro atoms. The third kappa shape index (κ3) is 3.00. The van der Waals surface area contributed by atoms with Gasteiger partial charge in [0.25, 0.3) is 11.8 Å². The molecular formula is C16H12BrClN2O2. The van der Waals surface area contributed by atoms with E-state index in [1.807, 2.05) is 6.07 Å². The second-order valence-electron chi connectivity index (χ2n) is 4.96. The first kappa shape index (κ1) is 15.1. The van der Waals surface area contributed by atoms with Crippen LogP contribution in [0.2, 0.25) is 5.02 Å². The number of carbonyl (C=O) groups excluding carboxylic acids is 2. The molecule has 2 amide bonds. The zero-order chi connectivity index (χ0) is 15.7. The van der Waals surface area contributed by atoms with Crippen LogP contribution in [0.25, 0.3) is 0 Å². The van der Waals surface area contributed by atoms with Crippen LogP contribution in [0.4, 0.5) is 5.69 Å². The van der Waals surface area contributed by atoms with E-state index in [1.165, 1.54) is 0 Å². The van der Waals surface area contributed by atoms with Crippen molar-refractivity contribution in [3.63, 3.8) is 0 Å². The van der Waals surface area contributed by atoms with E-state index in [-0.39, 0.29) is 11.8 Å². The van der Waals surface area contributed by atoms with Crippen molar-refractivity contribution in [2.24, 2.45) is 0 Å². The summed E-state index contributed by atoms with van der Waals surface area (Å²) in [7, 11) is 0. The molecule has 1 aliphatic heterocycles. The highest BCUT2D eigenvalue weighted by Crippen LogP contribution is 2.23. The number of benzene rings is 2. The Morgan fingerprint density at radius 1 is 1.23 bits per heavy atom. The van der Waals surface area contributed by atoms with E-state index in [1.54, 1.807) is 30.3 Å². The van der Waals surface area contributed by atoms with E-state index in [0.717, 1.165) is 16.5 Å². The lowest BCUT2D eigenvalue weighted by molar-refractivity contribution is 0.0944. The minimum absolute atomic E-state index is 0.113. The monoisotopic (exact) mass is 378 g/mol. The van der Waals surface area contributed by atoms with Crippen LogP contribution in [0, 0.1) is 0 Å². The first-order valence-electron chi connectivity index (χ1n) is 6.72. The Morgan fingerprint density at radius 2 is 2.05 bits per heavy atom. The Labute approximate surface area is 141 Å². The van der Waals surface area contributed by atoms with Crippen LogP contribution < -0.4 is 10.6 Å². The van der Waals surface area contributed by atoms with E-state index < -0.39 is 0 Å². The van der Waals surface area contributed by atoms with Gasteiger partial charge in [0.15, 0.2) is 0 Å². The lowest BCUT2D eigenvalue weighted by Gasteiger charge is -2.17. The molecule has 0 saturated heterocycles. The fourth-order valence-electron chi connectivity index (χ4n) is 2.36. The summed E-state index contributed by atoms with van der Waals surface area (Å²) >= 11 is 9.37. The third-order valence-electron chi connectivity index (χ3n) is 3.47. The molecule has 0 fully saturated rings. The normalized spacial score (nSPS) is 13.3. The van der Waals surface area contributed by atoms with Crippen LogP contribution in [0.15, 0.2) is 40.9 Å². The van der Waals surface area contributed by atoms with Crippen molar-refractivity contribution >= 4 is 45.0 Å². The molecule has 0 bridgehead atoms. The number of hydrogen-bond acceptors (Lipinski definition) is 2. The maximum atomic E-state index is 12.3. The highest BCUT2D eigenvalue weighted by atomic mass is 79.9. The summed E-state index contributed by atoms with van der Waals surface area (Å²) in [6, 6.07) is 10.4. The highest BCUT2D eigenvalue weighted by molar-refractivity contribution is 9.10. The van der Waals surface area contributed by atoms with Gasteiger partial charge >= 0.3 is 0 Å². The summed E-state index contributed by atoms with van der Waals surface area (Å²) in [6.07, 6.45) is 0.798. The van der Waals surface area contributed by atoms with Gasteiger partial charge in [-0.25, -0.2) is 0 Å². The van der Waals surface area contributed by atoms with E-state index in [2.05, 4.69) is 26.6 Å². The van der Waals surface area contributed by atoms with Gasteiger partial charge in [0.2, 0.25) is 0 Å². The largest absolute Gasteiger partial charge is 0.352 e. The van der Waals surface area contributed by atoms with Gasteiger partial charge in [0.1, 0.15) is 0 Å². The minimum Gasteiger partial charge on any atom is -0.352 e. The summed E-state index contributed by atoms with van der Waals surface area (Å²) in [6.45, 7) is 0.644. The molecule has 2 N–H and O–H groups in total. The smallest absolute Gasteiger partial charge is 0.257 e. The number of fused-ring (bicyclic) bond motifs is 1. The minimum atomic E-state index is -0.317. The number of hydrogen-bond donors (Lipinski definition) is 2. The molecule has 3 rings (SSSR count). The van der Waals surface area contributed by atoms with Gasteiger partial charge in [0.05, 0.1) is 10.6 Å². The third-order valence-corrected chi connectivity index (χ3v) is 4.29. The molecule has 0 atom stereocenters. The van der Waals surface area contributed by atoms with Gasteiger partial charge < -0.3 is 10.6 Å². The van der Waals surface area contributed by atoms with Crippen LogP contribution in [-0.2, 0) is 6.42 Å². The molecule has 2 aromatic carbocycles. The zero-order valence-corrected chi connectivity index (χ0v) is 13.8. The molecule has 0 aliphatic carbocycles. The summed E-state index contributed by atoms with van der Waals surface area (Å²) in [5, 5.41) is 5.93. The molecular weight excluding hydrogens is 368 g/mol. The molecule has 112 valence electrons. The Kier molecular flexibility index (Phi) is 4.18. The maximum absolute atomic E-state index is 12.3. The van der Waals surface area contributed by atoms with Crippen molar-refractivity contribution in [1.82, 2.24) is 5.32 Å². The van der Waals surface area contributed by atoms with Crippen LogP contribution in [-0.4, -0.2) is 18.4 Å². The standard InChI is InChI=1S/C16H12BrClN2O2/c17-10-2-4-14(18)13(7-10)16(22)20-11-3-1-9-5-6-19-15(21)12(9)8-11/h1-4,7-8H,5-6H2,(H,19,21)(H,20,22). The van der Waals surface area contributed by atoms with Crippen molar-refractivity contribution in [1.29, 1.82) is 0 Å². The molecule has 2 aromatic rings. The number of rotatable bonds is 2. The summed E-state index contributed by atoms with van der Waals surface area (Å²) in [5.74, 6) is -0.430. The van der Waals surface area contributed by atoms with Crippen molar-refractivity contribution in [3.8, 4) is 0 Å². The first-order valence-corrected chi connectivity index (χ1v) is 7.89. The highest BCUT2D eigenvalue weighted by Gasteiger charge is 2.18. The molecule has 22 heavy (non-hydrogen) atoms. The molecule has 0 radical (unpaired) electrons. The number of anilines is 1. The molecule has 0 unspecified atom stereocenters. The number of amides is 2. The van der Waals surface area contributed by atoms with Crippen molar-refractivity contribution < 1.29 is 9.59 Å². The van der Waals surface area contributed by atoms with Gasteiger partial charge in [0, 0.05) is 22.3 Å². The molecule has 0 aromatic heterocycles. The van der Waals surface area contributed by atoms with Crippen molar-refractivity contribution in [2.45, 2.75) is 6.42 Å². The number of carbonyl (C=O) groups is 2. The summed E-state index contributed by atoms with van der Waals surface area (Å²) in [5.41, 5.74) is 2.53. The van der Waals surface area contributed by atoms with Crippen molar-refractivity contribution in [2.75, 3.05) is 11.9 Å². The molecule has 4 nitrogen and oxygen atoms in total. The molecule has 1 aliphatic rings. The number of halogens is 2. The zero-order valence-electron chi connectivity index (χ0n) is 11.5. The van der Waals surface area contributed by atoms with Gasteiger partial charge in [-0.05, 0) is 42.3 Å². The Balaban J connectivity index is 1.87. The predicted octanol–water partition coefficient (Wildman–Crippen LogP) is 3.64. The fraction of sp³-hybridized carbons (Fsp3) is 0.125. The lowest BCUT2D eigenvalue weighted by Crippen LogP contribution is -2.31.